The Morgan fingerprint density at radius 1 is 0.882 bits per heavy atom. The highest BCUT2D eigenvalue weighted by atomic mass is 16.5. The Hall–Kier alpha value is -0.160. The number of piperazine rings is 1. The molecule has 4 nitrogen and oxygen atoms in total. The van der Waals surface area contributed by atoms with Crippen molar-refractivity contribution in [3.05, 3.63) is 0 Å². The van der Waals surface area contributed by atoms with Crippen molar-refractivity contribution in [3.63, 3.8) is 0 Å². The summed E-state index contributed by atoms with van der Waals surface area (Å²) < 4.78 is 11.4. The standard InChI is InChI=1S/C13H28N2O2/c1-5-13(17-7-3)15-10-8-14(9-11-15)12(4)16-6-2/h12-13H,5-11H2,1-4H3. The number of hydrogen-bond acceptors (Lipinski definition) is 4. The summed E-state index contributed by atoms with van der Waals surface area (Å²) in [5.41, 5.74) is 0. The van der Waals surface area contributed by atoms with Gasteiger partial charge in [-0.05, 0) is 27.2 Å². The van der Waals surface area contributed by atoms with Crippen LogP contribution in [-0.2, 0) is 9.47 Å². The average molecular weight is 244 g/mol. The fourth-order valence-corrected chi connectivity index (χ4v) is 2.41. The van der Waals surface area contributed by atoms with Crippen LogP contribution in [0.5, 0.6) is 0 Å². The average Bonchev–Trinajstić information content (AvgIpc) is 2.36. The number of rotatable bonds is 7. The Bertz CT molecular complexity index is 194. The van der Waals surface area contributed by atoms with Gasteiger partial charge >= 0.3 is 0 Å². The Morgan fingerprint density at radius 2 is 1.41 bits per heavy atom. The summed E-state index contributed by atoms with van der Waals surface area (Å²) in [4.78, 5) is 4.84. The van der Waals surface area contributed by atoms with Crippen LogP contribution in [0.3, 0.4) is 0 Å². The Morgan fingerprint density at radius 3 is 1.88 bits per heavy atom. The molecule has 0 bridgehead atoms. The van der Waals surface area contributed by atoms with E-state index < -0.39 is 0 Å². The molecular formula is C13H28N2O2. The first-order valence-corrected chi connectivity index (χ1v) is 6.94. The lowest BCUT2D eigenvalue weighted by molar-refractivity contribution is -0.105. The zero-order valence-corrected chi connectivity index (χ0v) is 11.8. The molecule has 0 aromatic rings. The lowest BCUT2D eigenvalue weighted by Crippen LogP contribution is -2.53. The van der Waals surface area contributed by atoms with Gasteiger partial charge in [0.25, 0.3) is 0 Å². The first kappa shape index (κ1) is 14.9. The molecule has 2 atom stereocenters. The van der Waals surface area contributed by atoms with Gasteiger partial charge in [0.1, 0.15) is 12.5 Å². The van der Waals surface area contributed by atoms with Gasteiger partial charge in [-0.3, -0.25) is 9.80 Å². The molecular weight excluding hydrogens is 216 g/mol. The minimum Gasteiger partial charge on any atom is -0.364 e. The monoisotopic (exact) mass is 244 g/mol. The predicted octanol–water partition coefficient (Wildman–Crippen LogP) is 1.76. The van der Waals surface area contributed by atoms with E-state index >= 15 is 0 Å². The van der Waals surface area contributed by atoms with Crippen molar-refractivity contribution in [2.24, 2.45) is 0 Å². The molecule has 17 heavy (non-hydrogen) atoms. The smallest absolute Gasteiger partial charge is 0.110 e. The molecule has 1 rings (SSSR count). The maximum Gasteiger partial charge on any atom is 0.110 e. The van der Waals surface area contributed by atoms with Gasteiger partial charge in [-0.25, -0.2) is 0 Å². The van der Waals surface area contributed by atoms with Crippen molar-refractivity contribution in [1.29, 1.82) is 0 Å². The van der Waals surface area contributed by atoms with E-state index in [1.165, 1.54) is 0 Å². The van der Waals surface area contributed by atoms with E-state index in [-0.39, 0.29) is 6.23 Å². The third-order valence-corrected chi connectivity index (χ3v) is 3.39. The van der Waals surface area contributed by atoms with Gasteiger partial charge in [0.15, 0.2) is 0 Å². The molecule has 1 aliphatic heterocycles. The van der Waals surface area contributed by atoms with E-state index in [0.717, 1.165) is 45.8 Å². The largest absolute Gasteiger partial charge is 0.364 e. The van der Waals surface area contributed by atoms with E-state index in [0.29, 0.717) is 6.23 Å². The number of nitrogens with zero attached hydrogens (tertiary/aromatic N) is 2. The summed E-state index contributed by atoms with van der Waals surface area (Å²) in [6, 6.07) is 0. The molecule has 0 spiro atoms. The van der Waals surface area contributed by atoms with Crippen LogP contribution < -0.4 is 0 Å². The minimum absolute atomic E-state index is 0.245. The molecule has 2 unspecified atom stereocenters. The van der Waals surface area contributed by atoms with Gasteiger partial charge < -0.3 is 9.47 Å². The highest BCUT2D eigenvalue weighted by molar-refractivity contribution is 4.74. The predicted molar refractivity (Wildman–Crippen MR) is 69.9 cm³/mol. The van der Waals surface area contributed by atoms with E-state index in [1.54, 1.807) is 0 Å². The van der Waals surface area contributed by atoms with Crippen LogP contribution in [0.4, 0.5) is 0 Å². The highest BCUT2D eigenvalue weighted by Gasteiger charge is 2.25. The molecule has 1 saturated heterocycles. The molecule has 1 aliphatic rings. The summed E-state index contributed by atoms with van der Waals surface area (Å²) >= 11 is 0. The second-order valence-corrected chi connectivity index (χ2v) is 4.44. The van der Waals surface area contributed by atoms with Gasteiger partial charge in [-0.15, -0.1) is 0 Å². The van der Waals surface area contributed by atoms with Crippen LogP contribution in [0.25, 0.3) is 0 Å². The minimum atomic E-state index is 0.245. The summed E-state index contributed by atoms with van der Waals surface area (Å²) in [5.74, 6) is 0. The van der Waals surface area contributed by atoms with Crippen LogP contribution in [-0.4, -0.2) is 61.6 Å². The van der Waals surface area contributed by atoms with E-state index in [4.69, 9.17) is 9.47 Å². The third-order valence-electron chi connectivity index (χ3n) is 3.39. The van der Waals surface area contributed by atoms with Crippen LogP contribution >= 0.6 is 0 Å². The molecule has 0 N–H and O–H groups in total. The zero-order valence-electron chi connectivity index (χ0n) is 11.8. The summed E-state index contributed by atoms with van der Waals surface area (Å²) in [6.07, 6.45) is 1.60. The molecule has 0 aromatic heterocycles. The molecule has 0 amide bonds. The van der Waals surface area contributed by atoms with E-state index in [9.17, 15) is 0 Å². The quantitative estimate of drug-likeness (QED) is 0.681. The van der Waals surface area contributed by atoms with Gasteiger partial charge in [0.05, 0.1) is 0 Å². The first-order chi connectivity index (χ1) is 8.22. The lowest BCUT2D eigenvalue weighted by atomic mass is 10.2. The fourth-order valence-electron chi connectivity index (χ4n) is 2.41. The van der Waals surface area contributed by atoms with Gasteiger partial charge in [0.2, 0.25) is 0 Å². The molecule has 4 heteroatoms. The molecule has 0 aromatic carbocycles. The molecule has 0 saturated carbocycles. The van der Waals surface area contributed by atoms with Crippen molar-refractivity contribution >= 4 is 0 Å². The van der Waals surface area contributed by atoms with Gasteiger partial charge in [0, 0.05) is 39.4 Å². The summed E-state index contributed by atoms with van der Waals surface area (Å²) in [6.45, 7) is 14.3. The third kappa shape index (κ3) is 4.54. The number of ether oxygens (including phenoxy) is 2. The Kier molecular flexibility index (Phi) is 7.04. The van der Waals surface area contributed by atoms with Crippen molar-refractivity contribution in [1.82, 2.24) is 9.80 Å². The maximum absolute atomic E-state index is 5.75. The normalized spacial score (nSPS) is 22.6. The van der Waals surface area contributed by atoms with Crippen molar-refractivity contribution in [3.8, 4) is 0 Å². The molecule has 0 radical (unpaired) electrons. The van der Waals surface area contributed by atoms with Gasteiger partial charge in [-0.2, -0.15) is 0 Å². The van der Waals surface area contributed by atoms with E-state index in [2.05, 4.69) is 37.5 Å². The summed E-state index contributed by atoms with van der Waals surface area (Å²) in [5, 5.41) is 0. The SMILES string of the molecule is CCOC(C)N1CCN(C(CC)OCC)CC1. The Balaban J connectivity index is 2.33. The topological polar surface area (TPSA) is 24.9 Å². The van der Waals surface area contributed by atoms with Crippen LogP contribution in [0.2, 0.25) is 0 Å². The maximum atomic E-state index is 5.75. The highest BCUT2D eigenvalue weighted by Crippen LogP contribution is 2.12. The van der Waals surface area contributed by atoms with E-state index in [1.807, 2.05) is 0 Å². The fraction of sp³-hybridized carbons (Fsp3) is 1.00. The van der Waals surface area contributed by atoms with Gasteiger partial charge in [-0.1, -0.05) is 6.92 Å². The van der Waals surface area contributed by atoms with Crippen LogP contribution in [0.15, 0.2) is 0 Å². The molecule has 102 valence electrons. The van der Waals surface area contributed by atoms with Crippen molar-refractivity contribution in [2.75, 3.05) is 39.4 Å². The van der Waals surface area contributed by atoms with Crippen LogP contribution in [0, 0.1) is 0 Å². The van der Waals surface area contributed by atoms with Crippen LogP contribution in [0.1, 0.15) is 34.1 Å². The lowest BCUT2D eigenvalue weighted by Gasteiger charge is -2.40. The zero-order chi connectivity index (χ0) is 12.7. The number of hydrogen-bond donors (Lipinski definition) is 0. The Labute approximate surface area is 106 Å². The first-order valence-electron chi connectivity index (χ1n) is 6.94. The summed E-state index contributed by atoms with van der Waals surface area (Å²) in [7, 11) is 0. The molecule has 0 aliphatic carbocycles. The molecule has 1 heterocycles. The van der Waals surface area contributed by atoms with Crippen molar-refractivity contribution < 1.29 is 9.47 Å². The van der Waals surface area contributed by atoms with Crippen molar-refractivity contribution in [2.45, 2.75) is 46.6 Å². The molecule has 1 fully saturated rings. The second kappa shape index (κ2) is 8.03. The second-order valence-electron chi connectivity index (χ2n) is 4.44.